The molecule has 0 aliphatic carbocycles. The number of carboxylic acids is 1. The maximum Gasteiger partial charge on any atom is 0.371 e. The number of nitro benzene ring substituents is 1. The summed E-state index contributed by atoms with van der Waals surface area (Å²) in [6.07, 6.45) is 0. The summed E-state index contributed by atoms with van der Waals surface area (Å²) in [7, 11) is 0. The lowest BCUT2D eigenvalue weighted by Gasteiger charge is -2.06. The number of furan rings is 1. The zero-order valence-corrected chi connectivity index (χ0v) is 11.5. The van der Waals surface area contributed by atoms with Gasteiger partial charge in [0.1, 0.15) is 12.4 Å². The highest BCUT2D eigenvalue weighted by Gasteiger charge is 2.17. The van der Waals surface area contributed by atoms with Gasteiger partial charge in [0.25, 0.3) is 0 Å². The Kier molecular flexibility index (Phi) is 3.93. The molecule has 0 radical (unpaired) electrons. The van der Waals surface area contributed by atoms with Crippen molar-refractivity contribution in [3.05, 3.63) is 57.0 Å². The molecule has 2 aromatic rings. The Hall–Kier alpha value is -2.83. The molecule has 1 aromatic carbocycles. The SMILES string of the molecule is Cc1ccc([N+](=O)[O-])c(OCc2cc(C(=O)O)oc2C)c1. The number of hydrogen-bond donors (Lipinski definition) is 1. The molecule has 110 valence electrons. The van der Waals surface area contributed by atoms with Gasteiger partial charge in [-0.1, -0.05) is 6.07 Å². The van der Waals surface area contributed by atoms with Gasteiger partial charge >= 0.3 is 11.7 Å². The van der Waals surface area contributed by atoms with Crippen LogP contribution < -0.4 is 4.74 Å². The van der Waals surface area contributed by atoms with E-state index in [0.717, 1.165) is 5.56 Å². The van der Waals surface area contributed by atoms with E-state index in [4.69, 9.17) is 14.3 Å². The van der Waals surface area contributed by atoms with E-state index < -0.39 is 10.9 Å². The summed E-state index contributed by atoms with van der Waals surface area (Å²) >= 11 is 0. The highest BCUT2D eigenvalue weighted by Crippen LogP contribution is 2.29. The van der Waals surface area contributed by atoms with Crippen molar-refractivity contribution in [3.63, 3.8) is 0 Å². The zero-order chi connectivity index (χ0) is 15.6. The van der Waals surface area contributed by atoms with E-state index in [1.54, 1.807) is 26.0 Å². The van der Waals surface area contributed by atoms with Crippen molar-refractivity contribution in [1.82, 2.24) is 0 Å². The van der Waals surface area contributed by atoms with Crippen LogP contribution in [0.15, 0.2) is 28.7 Å². The fourth-order valence-electron chi connectivity index (χ4n) is 1.81. The summed E-state index contributed by atoms with van der Waals surface area (Å²) in [6, 6.07) is 5.90. The van der Waals surface area contributed by atoms with Crippen molar-refractivity contribution in [2.75, 3.05) is 0 Å². The van der Waals surface area contributed by atoms with Crippen molar-refractivity contribution in [1.29, 1.82) is 0 Å². The molecular weight excluding hydrogens is 278 g/mol. The summed E-state index contributed by atoms with van der Waals surface area (Å²) < 4.78 is 10.5. The number of rotatable bonds is 5. The van der Waals surface area contributed by atoms with Gasteiger partial charge < -0.3 is 14.3 Å². The van der Waals surface area contributed by atoms with Crippen LogP contribution in [-0.2, 0) is 6.61 Å². The molecule has 0 fully saturated rings. The molecule has 0 unspecified atom stereocenters. The van der Waals surface area contributed by atoms with Gasteiger partial charge in [0.2, 0.25) is 5.76 Å². The van der Waals surface area contributed by atoms with Crippen LogP contribution in [0.2, 0.25) is 0 Å². The molecule has 0 amide bonds. The van der Waals surface area contributed by atoms with Crippen LogP contribution in [-0.4, -0.2) is 16.0 Å². The second-order valence-corrected chi connectivity index (χ2v) is 4.51. The lowest BCUT2D eigenvalue weighted by atomic mass is 10.2. The predicted molar refractivity (Wildman–Crippen MR) is 72.6 cm³/mol. The quantitative estimate of drug-likeness (QED) is 0.670. The van der Waals surface area contributed by atoms with E-state index in [2.05, 4.69) is 0 Å². The average molecular weight is 291 g/mol. The summed E-state index contributed by atoms with van der Waals surface area (Å²) in [5.41, 5.74) is 1.22. The number of nitrogens with zero attached hydrogens (tertiary/aromatic N) is 1. The molecule has 0 atom stereocenters. The first kappa shape index (κ1) is 14.6. The number of aromatic carboxylic acids is 1. The highest BCUT2D eigenvalue weighted by molar-refractivity contribution is 5.84. The van der Waals surface area contributed by atoms with Crippen molar-refractivity contribution in [2.24, 2.45) is 0 Å². The molecule has 1 heterocycles. The summed E-state index contributed by atoms with van der Waals surface area (Å²) in [4.78, 5) is 21.2. The molecule has 0 aliphatic rings. The first-order chi connectivity index (χ1) is 9.88. The Bertz CT molecular complexity index is 703. The van der Waals surface area contributed by atoms with Gasteiger partial charge in [0.15, 0.2) is 5.75 Å². The molecule has 2 rings (SSSR count). The Morgan fingerprint density at radius 2 is 2.10 bits per heavy atom. The van der Waals surface area contributed by atoms with E-state index in [1.165, 1.54) is 12.1 Å². The van der Waals surface area contributed by atoms with E-state index in [1.807, 2.05) is 0 Å². The van der Waals surface area contributed by atoms with E-state index >= 15 is 0 Å². The molecule has 21 heavy (non-hydrogen) atoms. The number of carbonyl (C=O) groups is 1. The Morgan fingerprint density at radius 3 is 2.67 bits per heavy atom. The van der Waals surface area contributed by atoms with E-state index in [0.29, 0.717) is 11.3 Å². The number of benzene rings is 1. The second-order valence-electron chi connectivity index (χ2n) is 4.51. The Labute approximate surface area is 119 Å². The van der Waals surface area contributed by atoms with Crippen LogP contribution in [0.1, 0.15) is 27.4 Å². The topological polar surface area (TPSA) is 103 Å². The lowest BCUT2D eigenvalue weighted by molar-refractivity contribution is -0.386. The number of hydrogen-bond acceptors (Lipinski definition) is 5. The maximum atomic E-state index is 10.9. The third-order valence-electron chi connectivity index (χ3n) is 2.93. The maximum absolute atomic E-state index is 10.9. The molecule has 0 bridgehead atoms. The van der Waals surface area contributed by atoms with Crippen LogP contribution in [0.25, 0.3) is 0 Å². The fourth-order valence-corrected chi connectivity index (χ4v) is 1.81. The molecule has 1 aromatic heterocycles. The summed E-state index contributed by atoms with van der Waals surface area (Å²) in [6.45, 7) is 3.39. The summed E-state index contributed by atoms with van der Waals surface area (Å²) in [5.74, 6) is -0.823. The van der Waals surface area contributed by atoms with Crippen molar-refractivity contribution in [2.45, 2.75) is 20.5 Å². The second kappa shape index (κ2) is 5.66. The van der Waals surface area contributed by atoms with Gasteiger partial charge in [-0.15, -0.1) is 0 Å². The van der Waals surface area contributed by atoms with E-state index in [-0.39, 0.29) is 23.8 Å². The third-order valence-corrected chi connectivity index (χ3v) is 2.93. The lowest BCUT2D eigenvalue weighted by Crippen LogP contribution is -2.00. The molecule has 0 saturated carbocycles. The van der Waals surface area contributed by atoms with Crippen LogP contribution >= 0.6 is 0 Å². The van der Waals surface area contributed by atoms with Crippen molar-refractivity contribution in [3.8, 4) is 5.75 Å². The first-order valence-corrected chi connectivity index (χ1v) is 6.09. The fraction of sp³-hybridized carbons (Fsp3) is 0.214. The van der Waals surface area contributed by atoms with Crippen LogP contribution in [0.5, 0.6) is 5.75 Å². The Morgan fingerprint density at radius 1 is 1.38 bits per heavy atom. The zero-order valence-electron chi connectivity index (χ0n) is 11.5. The van der Waals surface area contributed by atoms with Gasteiger partial charge in [-0.3, -0.25) is 10.1 Å². The molecule has 0 saturated heterocycles. The van der Waals surface area contributed by atoms with Crippen LogP contribution in [0, 0.1) is 24.0 Å². The largest absolute Gasteiger partial charge is 0.482 e. The standard InChI is InChI=1S/C14H13NO6/c1-8-3-4-11(15(18)19)12(5-8)20-7-10-6-13(14(16)17)21-9(10)2/h3-6H,7H2,1-2H3,(H,16,17). The monoisotopic (exact) mass is 291 g/mol. The third kappa shape index (κ3) is 3.19. The number of nitro groups is 1. The molecule has 0 aliphatic heterocycles. The minimum absolute atomic E-state index is 0.00704. The normalized spacial score (nSPS) is 10.4. The van der Waals surface area contributed by atoms with Crippen LogP contribution in [0.4, 0.5) is 5.69 Å². The number of ether oxygens (including phenoxy) is 1. The summed E-state index contributed by atoms with van der Waals surface area (Å²) in [5, 5.41) is 19.8. The molecule has 7 heteroatoms. The molecule has 0 spiro atoms. The van der Waals surface area contributed by atoms with Gasteiger partial charge in [-0.05, 0) is 31.5 Å². The van der Waals surface area contributed by atoms with E-state index in [9.17, 15) is 14.9 Å². The average Bonchev–Trinajstić information content (AvgIpc) is 2.77. The predicted octanol–water partition coefficient (Wildman–Crippen LogP) is 3.08. The van der Waals surface area contributed by atoms with Crippen molar-refractivity contribution < 1.29 is 24.0 Å². The highest BCUT2D eigenvalue weighted by atomic mass is 16.6. The Balaban J connectivity index is 2.22. The van der Waals surface area contributed by atoms with Gasteiger partial charge in [0.05, 0.1) is 4.92 Å². The number of carboxylic acid groups (broad SMARTS) is 1. The minimum atomic E-state index is -1.18. The smallest absolute Gasteiger partial charge is 0.371 e. The van der Waals surface area contributed by atoms with Crippen LogP contribution in [0.3, 0.4) is 0 Å². The van der Waals surface area contributed by atoms with Crippen molar-refractivity contribution >= 4 is 11.7 Å². The molecule has 7 nitrogen and oxygen atoms in total. The molecular formula is C14H13NO6. The van der Waals surface area contributed by atoms with Gasteiger partial charge in [0, 0.05) is 11.6 Å². The van der Waals surface area contributed by atoms with Gasteiger partial charge in [-0.25, -0.2) is 4.79 Å². The minimum Gasteiger partial charge on any atom is -0.482 e. The first-order valence-electron chi connectivity index (χ1n) is 6.09. The molecule has 1 N–H and O–H groups in total. The number of aryl methyl sites for hydroxylation is 2. The van der Waals surface area contributed by atoms with Gasteiger partial charge in [-0.2, -0.15) is 0 Å².